The van der Waals surface area contributed by atoms with Gasteiger partial charge in [-0.15, -0.1) is 0 Å². The van der Waals surface area contributed by atoms with Crippen LogP contribution in [0.25, 0.3) is 0 Å². The Balaban J connectivity index is 2.77. The number of aryl methyl sites for hydroxylation is 1. The van der Waals surface area contributed by atoms with Gasteiger partial charge in [0, 0.05) is 6.42 Å². The fourth-order valence-electron chi connectivity index (χ4n) is 1.19. The highest BCUT2D eigenvalue weighted by Gasteiger charge is 1.97. The smallest absolute Gasteiger partial charge is 0.127 e. The van der Waals surface area contributed by atoms with Crippen molar-refractivity contribution >= 4 is 0 Å². The summed E-state index contributed by atoms with van der Waals surface area (Å²) in [6.45, 7) is 7.76. The van der Waals surface area contributed by atoms with Gasteiger partial charge < -0.3 is 4.74 Å². The molecule has 0 unspecified atom stereocenters. The van der Waals surface area contributed by atoms with Gasteiger partial charge in [0.15, 0.2) is 0 Å². The van der Waals surface area contributed by atoms with Crippen LogP contribution in [0.15, 0.2) is 48.8 Å². The summed E-state index contributed by atoms with van der Waals surface area (Å²) in [4.78, 5) is 0. The van der Waals surface area contributed by atoms with Crippen molar-refractivity contribution in [3.8, 4) is 5.75 Å². The summed E-state index contributed by atoms with van der Waals surface area (Å²) in [5.41, 5.74) is 1.21. The molecule has 0 N–H and O–H groups in total. The predicted molar refractivity (Wildman–Crippen MR) is 60.4 cm³/mol. The Morgan fingerprint density at radius 3 is 2.86 bits per heavy atom. The first-order valence-electron chi connectivity index (χ1n) is 4.82. The molecule has 1 rings (SSSR count). The van der Waals surface area contributed by atoms with E-state index in [4.69, 9.17) is 4.74 Å². The van der Waals surface area contributed by atoms with Gasteiger partial charge in [-0.3, -0.25) is 0 Å². The van der Waals surface area contributed by atoms with Crippen molar-refractivity contribution in [1.82, 2.24) is 0 Å². The minimum Gasteiger partial charge on any atom is -0.462 e. The van der Waals surface area contributed by atoms with Crippen molar-refractivity contribution in [3.63, 3.8) is 0 Å². The number of rotatable bonds is 4. The molecule has 0 saturated carbocycles. The zero-order chi connectivity index (χ0) is 10.4. The van der Waals surface area contributed by atoms with Gasteiger partial charge in [0.25, 0.3) is 0 Å². The van der Waals surface area contributed by atoms with Crippen LogP contribution in [0.3, 0.4) is 0 Å². The van der Waals surface area contributed by atoms with Crippen LogP contribution in [0.1, 0.15) is 18.9 Å². The first-order valence-corrected chi connectivity index (χ1v) is 4.82. The third kappa shape index (κ3) is 3.09. The Morgan fingerprint density at radius 1 is 1.50 bits per heavy atom. The molecule has 0 aliphatic rings. The van der Waals surface area contributed by atoms with Crippen LogP contribution >= 0.6 is 0 Å². The topological polar surface area (TPSA) is 9.23 Å². The Labute approximate surface area is 85.7 Å². The van der Waals surface area contributed by atoms with Crippen LogP contribution in [0, 0.1) is 6.92 Å². The number of ether oxygens (including phenoxy) is 1. The second-order valence-corrected chi connectivity index (χ2v) is 3.14. The van der Waals surface area contributed by atoms with Crippen molar-refractivity contribution in [2.75, 3.05) is 0 Å². The first kappa shape index (κ1) is 10.6. The van der Waals surface area contributed by atoms with Gasteiger partial charge in [0.2, 0.25) is 0 Å². The van der Waals surface area contributed by atoms with Gasteiger partial charge in [-0.2, -0.15) is 0 Å². The van der Waals surface area contributed by atoms with Gasteiger partial charge in [-0.1, -0.05) is 31.7 Å². The summed E-state index contributed by atoms with van der Waals surface area (Å²) in [6, 6.07) is 8.02. The SMILES string of the molecule is C=C/C=C(\CC)Oc1cccc(C)c1. The summed E-state index contributed by atoms with van der Waals surface area (Å²) in [6.07, 6.45) is 4.51. The van der Waals surface area contributed by atoms with Gasteiger partial charge in [-0.25, -0.2) is 0 Å². The van der Waals surface area contributed by atoms with Crippen LogP contribution in [-0.4, -0.2) is 0 Å². The van der Waals surface area contributed by atoms with E-state index in [0.717, 1.165) is 17.9 Å². The van der Waals surface area contributed by atoms with E-state index in [2.05, 4.69) is 26.5 Å². The monoisotopic (exact) mass is 188 g/mol. The molecule has 0 fully saturated rings. The van der Waals surface area contributed by atoms with E-state index in [1.807, 2.05) is 24.3 Å². The molecule has 0 heterocycles. The van der Waals surface area contributed by atoms with Crippen molar-refractivity contribution < 1.29 is 4.74 Å². The molecule has 1 heteroatoms. The normalized spacial score (nSPS) is 11.1. The molecule has 74 valence electrons. The number of hydrogen-bond donors (Lipinski definition) is 0. The molecule has 0 amide bonds. The van der Waals surface area contributed by atoms with Gasteiger partial charge >= 0.3 is 0 Å². The molecular weight excluding hydrogens is 172 g/mol. The minimum absolute atomic E-state index is 0.875. The maximum atomic E-state index is 5.67. The second kappa shape index (κ2) is 5.28. The minimum atomic E-state index is 0.875. The largest absolute Gasteiger partial charge is 0.462 e. The molecule has 0 radical (unpaired) electrons. The van der Waals surface area contributed by atoms with E-state index in [9.17, 15) is 0 Å². The molecule has 0 aromatic heterocycles. The fraction of sp³-hybridized carbons (Fsp3) is 0.231. The quantitative estimate of drug-likeness (QED) is 0.515. The molecule has 0 saturated heterocycles. The van der Waals surface area contributed by atoms with Crippen molar-refractivity contribution in [2.45, 2.75) is 20.3 Å². The molecule has 14 heavy (non-hydrogen) atoms. The highest BCUT2D eigenvalue weighted by atomic mass is 16.5. The van der Waals surface area contributed by atoms with Crippen molar-refractivity contribution in [2.24, 2.45) is 0 Å². The third-order valence-electron chi connectivity index (χ3n) is 1.89. The highest BCUT2D eigenvalue weighted by molar-refractivity contribution is 5.29. The molecule has 0 aliphatic carbocycles. The molecule has 1 nitrogen and oxygen atoms in total. The molecule has 0 aliphatic heterocycles. The summed E-state index contributed by atoms with van der Waals surface area (Å²) in [7, 11) is 0. The molecule has 1 aromatic rings. The van der Waals surface area contributed by atoms with Crippen molar-refractivity contribution in [1.29, 1.82) is 0 Å². The Hall–Kier alpha value is -1.50. The highest BCUT2D eigenvalue weighted by Crippen LogP contribution is 2.16. The Bertz CT molecular complexity index is 337. The van der Waals surface area contributed by atoms with E-state index in [0.29, 0.717) is 0 Å². The lowest BCUT2D eigenvalue weighted by Crippen LogP contribution is -1.93. The maximum absolute atomic E-state index is 5.67. The summed E-state index contributed by atoms with van der Waals surface area (Å²) >= 11 is 0. The molecule has 0 bridgehead atoms. The lowest BCUT2D eigenvalue weighted by Gasteiger charge is -2.07. The van der Waals surface area contributed by atoms with E-state index >= 15 is 0 Å². The average Bonchev–Trinajstić information content (AvgIpc) is 2.17. The molecular formula is C13H16O. The zero-order valence-electron chi connectivity index (χ0n) is 8.79. The standard InChI is InChI=1S/C13H16O/c1-4-7-12(5-2)14-13-9-6-8-11(3)10-13/h4,6-10H,1,5H2,2-3H3/b12-7+. The summed E-state index contributed by atoms with van der Waals surface area (Å²) in [5, 5.41) is 0. The van der Waals surface area contributed by atoms with Gasteiger partial charge in [-0.05, 0) is 30.7 Å². The number of allylic oxidation sites excluding steroid dienone is 3. The van der Waals surface area contributed by atoms with Crippen LogP contribution in [0.2, 0.25) is 0 Å². The molecule has 0 atom stereocenters. The van der Waals surface area contributed by atoms with E-state index < -0.39 is 0 Å². The maximum Gasteiger partial charge on any atom is 0.127 e. The van der Waals surface area contributed by atoms with Crippen LogP contribution < -0.4 is 4.74 Å². The zero-order valence-corrected chi connectivity index (χ0v) is 8.79. The van der Waals surface area contributed by atoms with Crippen molar-refractivity contribution in [3.05, 3.63) is 54.3 Å². The van der Waals surface area contributed by atoms with Crippen LogP contribution in [0.4, 0.5) is 0 Å². The first-order chi connectivity index (χ1) is 6.76. The Kier molecular flexibility index (Phi) is 3.99. The fourth-order valence-corrected chi connectivity index (χ4v) is 1.19. The molecule has 0 spiro atoms. The Morgan fingerprint density at radius 2 is 2.29 bits per heavy atom. The summed E-state index contributed by atoms with van der Waals surface area (Å²) < 4.78 is 5.67. The lowest BCUT2D eigenvalue weighted by molar-refractivity contribution is 0.409. The lowest BCUT2D eigenvalue weighted by atomic mass is 10.2. The van der Waals surface area contributed by atoms with Gasteiger partial charge in [0.1, 0.15) is 11.5 Å². The second-order valence-electron chi connectivity index (χ2n) is 3.14. The average molecular weight is 188 g/mol. The van der Waals surface area contributed by atoms with Crippen LogP contribution in [0.5, 0.6) is 5.75 Å². The van der Waals surface area contributed by atoms with Gasteiger partial charge in [0.05, 0.1) is 0 Å². The number of hydrogen-bond acceptors (Lipinski definition) is 1. The van der Waals surface area contributed by atoms with E-state index in [1.165, 1.54) is 5.56 Å². The van der Waals surface area contributed by atoms with Crippen LogP contribution in [-0.2, 0) is 0 Å². The van der Waals surface area contributed by atoms with E-state index in [1.54, 1.807) is 6.08 Å². The third-order valence-corrected chi connectivity index (χ3v) is 1.89. The number of benzene rings is 1. The van der Waals surface area contributed by atoms with E-state index in [-0.39, 0.29) is 0 Å². The molecule has 1 aromatic carbocycles. The predicted octanol–water partition coefficient (Wildman–Crippen LogP) is 3.85. The summed E-state index contributed by atoms with van der Waals surface area (Å²) in [5.74, 6) is 1.82.